The van der Waals surface area contributed by atoms with E-state index < -0.39 is 0 Å². The minimum atomic E-state index is 0.891. The summed E-state index contributed by atoms with van der Waals surface area (Å²) in [6.45, 7) is 0. The molecule has 0 amide bonds. The normalized spacial score (nSPS) is 12.7. The molecular formula is C7H12N2. The van der Waals surface area contributed by atoms with Gasteiger partial charge in [0.05, 0.1) is 0 Å². The molecule has 0 aromatic rings. The molecule has 9 heavy (non-hydrogen) atoms. The molecule has 0 radical (unpaired) electrons. The molecule has 50 valence electrons. The Morgan fingerprint density at radius 3 is 2.56 bits per heavy atom. The monoisotopic (exact) mass is 124 g/mol. The van der Waals surface area contributed by atoms with Crippen LogP contribution in [0, 0.1) is 0 Å². The summed E-state index contributed by atoms with van der Waals surface area (Å²) in [6.07, 6.45) is 8.40. The summed E-state index contributed by atoms with van der Waals surface area (Å²) >= 11 is 0. The van der Waals surface area contributed by atoms with Crippen molar-refractivity contribution < 1.29 is 0 Å². The molecule has 0 aromatic carbocycles. The molecule has 0 spiro atoms. The van der Waals surface area contributed by atoms with Crippen LogP contribution >= 0.6 is 0 Å². The van der Waals surface area contributed by atoms with Gasteiger partial charge in [0.2, 0.25) is 0 Å². The predicted octanol–water partition coefficient (Wildman–Crippen LogP) is 1.33. The molecule has 2 heteroatoms. The second kappa shape index (κ2) is 7.08. The summed E-state index contributed by atoms with van der Waals surface area (Å²) in [7, 11) is 3.51. The van der Waals surface area contributed by atoms with Gasteiger partial charge in [0, 0.05) is 32.9 Å². The summed E-state index contributed by atoms with van der Waals surface area (Å²) < 4.78 is 0. The van der Waals surface area contributed by atoms with Gasteiger partial charge in [-0.25, -0.2) is 0 Å². The van der Waals surface area contributed by atoms with E-state index in [1.807, 2.05) is 18.4 Å². The molecule has 2 nitrogen and oxygen atoms in total. The van der Waals surface area contributed by atoms with Crippen LogP contribution in [0.15, 0.2) is 22.1 Å². The van der Waals surface area contributed by atoms with Crippen LogP contribution < -0.4 is 0 Å². The van der Waals surface area contributed by atoms with Crippen LogP contribution in [0.25, 0.3) is 0 Å². The molecule has 0 aliphatic rings. The van der Waals surface area contributed by atoms with Crippen molar-refractivity contribution in [3.05, 3.63) is 12.2 Å². The van der Waals surface area contributed by atoms with Gasteiger partial charge in [0.15, 0.2) is 0 Å². The van der Waals surface area contributed by atoms with Gasteiger partial charge in [-0.1, -0.05) is 6.08 Å². The first-order valence-electron chi connectivity index (χ1n) is 2.89. The van der Waals surface area contributed by atoms with Crippen molar-refractivity contribution in [1.29, 1.82) is 0 Å². The topological polar surface area (TPSA) is 24.7 Å². The van der Waals surface area contributed by atoms with Gasteiger partial charge in [-0.2, -0.15) is 0 Å². The van der Waals surface area contributed by atoms with Crippen molar-refractivity contribution in [3.8, 4) is 0 Å². The molecule has 0 aliphatic heterocycles. The van der Waals surface area contributed by atoms with E-state index in [1.54, 1.807) is 20.3 Å². The Hall–Kier alpha value is -0.920. The second-order valence-electron chi connectivity index (χ2n) is 1.51. The van der Waals surface area contributed by atoms with E-state index in [1.165, 1.54) is 0 Å². The van der Waals surface area contributed by atoms with Crippen LogP contribution in [0.2, 0.25) is 0 Å². The van der Waals surface area contributed by atoms with Gasteiger partial charge in [0.25, 0.3) is 0 Å². The maximum absolute atomic E-state index is 3.81. The third-order valence-corrected chi connectivity index (χ3v) is 0.795. The lowest BCUT2D eigenvalue weighted by Gasteiger charge is -1.75. The fourth-order valence-corrected chi connectivity index (χ4v) is 0.392. The summed E-state index contributed by atoms with van der Waals surface area (Å²) in [5.74, 6) is 0. The van der Waals surface area contributed by atoms with Crippen LogP contribution in [0.3, 0.4) is 0 Å². The Morgan fingerprint density at radius 1 is 1.22 bits per heavy atom. The van der Waals surface area contributed by atoms with Crippen LogP contribution in [-0.4, -0.2) is 26.5 Å². The van der Waals surface area contributed by atoms with E-state index in [9.17, 15) is 0 Å². The van der Waals surface area contributed by atoms with Gasteiger partial charge in [0.1, 0.15) is 0 Å². The number of hydrogen-bond acceptors (Lipinski definition) is 2. The number of hydrogen-bond donors (Lipinski definition) is 0. The van der Waals surface area contributed by atoms with Crippen LogP contribution in [-0.2, 0) is 0 Å². The first-order chi connectivity index (χ1) is 4.41. The lowest BCUT2D eigenvalue weighted by Crippen LogP contribution is -1.68. The van der Waals surface area contributed by atoms with E-state index in [2.05, 4.69) is 9.98 Å². The standard InChI is InChI=1S/C7H12N2/c1-8-6-4-3-5-7-9-2/h3-4,6-7H,5H2,1-2H3. The fourth-order valence-electron chi connectivity index (χ4n) is 0.392. The van der Waals surface area contributed by atoms with E-state index in [-0.39, 0.29) is 0 Å². The lowest BCUT2D eigenvalue weighted by atomic mass is 10.4. The summed E-state index contributed by atoms with van der Waals surface area (Å²) in [5, 5.41) is 0. The molecule has 0 aromatic heterocycles. The van der Waals surface area contributed by atoms with Crippen molar-refractivity contribution in [2.24, 2.45) is 9.98 Å². The molecule has 0 atom stereocenters. The first-order valence-corrected chi connectivity index (χ1v) is 2.89. The SMILES string of the molecule is CN=CC=CCC=NC. The molecule has 0 aliphatic carbocycles. The van der Waals surface area contributed by atoms with Gasteiger partial charge in [-0.3, -0.25) is 4.99 Å². The van der Waals surface area contributed by atoms with Crippen LogP contribution in [0.1, 0.15) is 6.42 Å². The minimum Gasteiger partial charge on any atom is -0.301 e. The summed E-state index contributed by atoms with van der Waals surface area (Å²) in [4.78, 5) is 7.59. The number of nitrogens with zero attached hydrogens (tertiary/aromatic N) is 2. The number of aliphatic imine (C=N–C) groups is 2. The highest BCUT2D eigenvalue weighted by molar-refractivity contribution is 5.72. The van der Waals surface area contributed by atoms with E-state index in [4.69, 9.17) is 0 Å². The molecular weight excluding hydrogens is 112 g/mol. The fraction of sp³-hybridized carbons (Fsp3) is 0.429. The third kappa shape index (κ3) is 7.08. The third-order valence-electron chi connectivity index (χ3n) is 0.795. The molecule has 0 saturated heterocycles. The largest absolute Gasteiger partial charge is 0.301 e. The number of rotatable bonds is 3. The predicted molar refractivity (Wildman–Crippen MR) is 42.6 cm³/mol. The highest BCUT2D eigenvalue weighted by Crippen LogP contribution is 1.75. The average Bonchev–Trinajstić information content (AvgIpc) is 1.89. The molecule has 0 rings (SSSR count). The van der Waals surface area contributed by atoms with Crippen LogP contribution in [0.4, 0.5) is 0 Å². The Labute approximate surface area is 56.0 Å². The maximum atomic E-state index is 3.81. The van der Waals surface area contributed by atoms with Gasteiger partial charge < -0.3 is 4.99 Å². The van der Waals surface area contributed by atoms with Crippen molar-refractivity contribution in [1.82, 2.24) is 0 Å². The first kappa shape index (κ1) is 8.08. The van der Waals surface area contributed by atoms with E-state index in [0.29, 0.717) is 0 Å². The Kier molecular flexibility index (Phi) is 6.36. The second-order valence-corrected chi connectivity index (χ2v) is 1.51. The summed E-state index contributed by atoms with van der Waals surface area (Å²) in [5.41, 5.74) is 0. The molecule has 0 fully saturated rings. The lowest BCUT2D eigenvalue weighted by molar-refractivity contribution is 1.40. The minimum absolute atomic E-state index is 0.891. The smallest absolute Gasteiger partial charge is 0.0277 e. The highest BCUT2D eigenvalue weighted by Gasteiger charge is 1.65. The van der Waals surface area contributed by atoms with E-state index in [0.717, 1.165) is 6.42 Å². The molecule has 0 unspecified atom stereocenters. The Balaban J connectivity index is 3.25. The Bertz CT molecular complexity index is 123. The van der Waals surface area contributed by atoms with Crippen molar-refractivity contribution in [2.75, 3.05) is 14.1 Å². The number of allylic oxidation sites excluding steroid dienone is 2. The molecule has 0 saturated carbocycles. The zero-order valence-corrected chi connectivity index (χ0v) is 5.91. The van der Waals surface area contributed by atoms with Gasteiger partial charge >= 0.3 is 0 Å². The van der Waals surface area contributed by atoms with Gasteiger partial charge in [-0.15, -0.1) is 0 Å². The zero-order chi connectivity index (χ0) is 6.95. The average molecular weight is 124 g/mol. The molecule has 0 N–H and O–H groups in total. The van der Waals surface area contributed by atoms with E-state index >= 15 is 0 Å². The van der Waals surface area contributed by atoms with Crippen LogP contribution in [0.5, 0.6) is 0 Å². The van der Waals surface area contributed by atoms with Crippen molar-refractivity contribution >= 4 is 12.4 Å². The molecule has 0 heterocycles. The Morgan fingerprint density at radius 2 is 2.00 bits per heavy atom. The quantitative estimate of drug-likeness (QED) is 0.507. The highest BCUT2D eigenvalue weighted by atomic mass is 14.6. The molecule has 0 bridgehead atoms. The van der Waals surface area contributed by atoms with Crippen molar-refractivity contribution in [2.45, 2.75) is 6.42 Å². The zero-order valence-electron chi connectivity index (χ0n) is 5.91. The summed E-state index contributed by atoms with van der Waals surface area (Å²) in [6, 6.07) is 0. The van der Waals surface area contributed by atoms with Crippen molar-refractivity contribution in [3.63, 3.8) is 0 Å². The maximum Gasteiger partial charge on any atom is 0.0277 e. The van der Waals surface area contributed by atoms with Gasteiger partial charge in [-0.05, 0) is 6.08 Å².